The van der Waals surface area contributed by atoms with Crippen LogP contribution in [0.3, 0.4) is 0 Å². The monoisotopic (exact) mass is 575 g/mol. The fraction of sp³-hybridized carbons (Fsp3) is 0.594. The lowest BCUT2D eigenvalue weighted by atomic mass is 9.94. The van der Waals surface area contributed by atoms with Crippen molar-refractivity contribution in [3.8, 4) is 11.1 Å². The van der Waals surface area contributed by atoms with Gasteiger partial charge < -0.3 is 24.9 Å². The van der Waals surface area contributed by atoms with E-state index in [0.29, 0.717) is 18.4 Å². The number of likely N-dealkylation sites (N-methyl/N-ethyl adjacent to an activating group) is 2. The molecule has 0 spiro atoms. The topological polar surface area (TPSA) is 67.8 Å². The summed E-state index contributed by atoms with van der Waals surface area (Å²) in [7, 11) is 6.29. The van der Waals surface area contributed by atoms with Crippen molar-refractivity contribution in [2.24, 2.45) is 11.8 Å². The van der Waals surface area contributed by atoms with Gasteiger partial charge in [-0.15, -0.1) is 11.3 Å². The lowest BCUT2D eigenvalue weighted by Crippen LogP contribution is -2.42. The summed E-state index contributed by atoms with van der Waals surface area (Å²) in [6.45, 7) is 7.42. The zero-order chi connectivity index (χ0) is 28.3. The van der Waals surface area contributed by atoms with Gasteiger partial charge in [0.15, 0.2) is 0 Å². The molecule has 5 heterocycles. The Morgan fingerprint density at radius 3 is 2.54 bits per heavy atom. The van der Waals surface area contributed by atoms with Gasteiger partial charge in [-0.2, -0.15) is 4.98 Å². The van der Waals surface area contributed by atoms with Crippen LogP contribution in [-0.2, 0) is 4.79 Å². The minimum Gasteiger partial charge on any atom is -0.359 e. The van der Waals surface area contributed by atoms with E-state index in [1.807, 2.05) is 0 Å². The number of carbonyl (C=O) groups is 1. The van der Waals surface area contributed by atoms with Crippen LogP contribution in [0.2, 0.25) is 0 Å². The number of rotatable bonds is 8. The number of thiophene rings is 1. The Balaban J connectivity index is 1.25. The Bertz CT molecular complexity index is 1320. The first-order valence-electron chi connectivity index (χ1n) is 15.4. The number of hydrogen-bond acceptors (Lipinski definition) is 8. The van der Waals surface area contributed by atoms with Gasteiger partial charge in [0.05, 0.1) is 5.39 Å². The molecule has 0 aliphatic carbocycles. The lowest BCUT2D eigenvalue weighted by Gasteiger charge is -2.37. The standard InChI is InChI=1S/C32H45N7OS/c1-33-28(40)18-24-8-7-14-39(20-24)32-34-30(29-27(22-41-31(29)35-32)25-9-5-4-6-10-25)38-16-11-23(12-17-38)19-37(3)26-13-15-36(2)21-26/h4-6,9-10,22-24,26H,7-8,11-21H2,1-3H3,(H,33,40). The molecule has 2 unspecified atom stereocenters. The molecular formula is C32H45N7OS. The molecule has 3 fully saturated rings. The SMILES string of the molecule is CNC(=O)CC1CCCN(c2nc(N3CCC(CN(C)C4CCN(C)C4)CC3)c3c(-c4ccccc4)csc3n2)C1. The minimum absolute atomic E-state index is 0.119. The molecule has 1 N–H and O–H groups in total. The highest BCUT2D eigenvalue weighted by Crippen LogP contribution is 2.41. The third kappa shape index (κ3) is 6.37. The number of hydrogen-bond donors (Lipinski definition) is 1. The summed E-state index contributed by atoms with van der Waals surface area (Å²) >= 11 is 1.72. The van der Waals surface area contributed by atoms with E-state index in [1.165, 1.54) is 55.4 Å². The molecule has 8 nitrogen and oxygen atoms in total. The van der Waals surface area contributed by atoms with E-state index in [0.717, 1.165) is 61.5 Å². The van der Waals surface area contributed by atoms with Crippen molar-refractivity contribution in [2.75, 3.05) is 76.8 Å². The highest BCUT2D eigenvalue weighted by atomic mass is 32.1. The fourth-order valence-corrected chi connectivity index (χ4v) is 7.98. The van der Waals surface area contributed by atoms with Gasteiger partial charge >= 0.3 is 0 Å². The zero-order valence-electron chi connectivity index (χ0n) is 24.9. The number of piperidine rings is 2. The van der Waals surface area contributed by atoms with Gasteiger partial charge in [-0.3, -0.25) is 4.79 Å². The number of anilines is 2. The van der Waals surface area contributed by atoms with Gasteiger partial charge in [0, 0.05) is 69.7 Å². The van der Waals surface area contributed by atoms with Crippen LogP contribution in [0, 0.1) is 11.8 Å². The third-order valence-corrected chi connectivity index (χ3v) is 10.4. The molecule has 0 bridgehead atoms. The van der Waals surface area contributed by atoms with Crippen molar-refractivity contribution in [3.05, 3.63) is 35.7 Å². The summed E-state index contributed by atoms with van der Waals surface area (Å²) in [5.41, 5.74) is 2.45. The molecule has 0 saturated carbocycles. The number of aromatic nitrogens is 2. The lowest BCUT2D eigenvalue weighted by molar-refractivity contribution is -0.121. The molecule has 3 aliphatic rings. The molecule has 3 aromatic rings. The summed E-state index contributed by atoms with van der Waals surface area (Å²) in [4.78, 5) is 33.5. The van der Waals surface area contributed by atoms with Crippen LogP contribution >= 0.6 is 11.3 Å². The molecule has 41 heavy (non-hydrogen) atoms. The van der Waals surface area contributed by atoms with Crippen LogP contribution in [0.25, 0.3) is 21.3 Å². The number of nitrogens with one attached hydrogen (secondary N) is 1. The van der Waals surface area contributed by atoms with E-state index in [1.54, 1.807) is 18.4 Å². The second-order valence-electron chi connectivity index (χ2n) is 12.4. The number of nitrogens with zero attached hydrogens (tertiary/aromatic N) is 6. The second kappa shape index (κ2) is 12.6. The first-order valence-corrected chi connectivity index (χ1v) is 16.3. The van der Waals surface area contributed by atoms with Gasteiger partial charge in [0.2, 0.25) is 11.9 Å². The molecule has 3 saturated heterocycles. The van der Waals surface area contributed by atoms with Crippen LogP contribution in [0.1, 0.15) is 38.5 Å². The average Bonchev–Trinajstić information content (AvgIpc) is 3.64. The number of fused-ring (bicyclic) bond motifs is 1. The zero-order valence-corrected chi connectivity index (χ0v) is 25.7. The molecule has 9 heteroatoms. The number of likely N-dealkylation sites (tertiary alicyclic amines) is 1. The molecule has 0 radical (unpaired) electrons. The van der Waals surface area contributed by atoms with Crippen LogP contribution in [0.4, 0.5) is 11.8 Å². The van der Waals surface area contributed by atoms with Crippen molar-refractivity contribution < 1.29 is 4.79 Å². The van der Waals surface area contributed by atoms with E-state index in [9.17, 15) is 4.79 Å². The smallest absolute Gasteiger partial charge is 0.228 e. The highest BCUT2D eigenvalue weighted by molar-refractivity contribution is 7.17. The predicted octanol–water partition coefficient (Wildman–Crippen LogP) is 4.56. The maximum atomic E-state index is 12.1. The summed E-state index contributed by atoms with van der Waals surface area (Å²) in [6.07, 6.45) is 6.38. The third-order valence-electron chi connectivity index (χ3n) is 9.49. The molecule has 2 atom stereocenters. The summed E-state index contributed by atoms with van der Waals surface area (Å²) < 4.78 is 0. The Kier molecular flexibility index (Phi) is 8.74. The fourth-order valence-electron chi connectivity index (χ4n) is 7.05. The predicted molar refractivity (Wildman–Crippen MR) is 170 cm³/mol. The summed E-state index contributed by atoms with van der Waals surface area (Å²) in [5.74, 6) is 3.09. The van der Waals surface area contributed by atoms with Crippen LogP contribution in [-0.4, -0.2) is 98.7 Å². The van der Waals surface area contributed by atoms with Gasteiger partial charge in [0.25, 0.3) is 0 Å². The summed E-state index contributed by atoms with van der Waals surface area (Å²) in [5, 5.41) is 6.24. The van der Waals surface area contributed by atoms with Crippen molar-refractivity contribution in [1.82, 2.24) is 25.1 Å². The van der Waals surface area contributed by atoms with E-state index in [-0.39, 0.29) is 5.91 Å². The number of benzene rings is 1. The Morgan fingerprint density at radius 2 is 1.80 bits per heavy atom. The quantitative estimate of drug-likeness (QED) is 0.422. The first kappa shape index (κ1) is 28.4. The molecule has 3 aliphatic heterocycles. The van der Waals surface area contributed by atoms with E-state index >= 15 is 0 Å². The molecule has 220 valence electrons. The van der Waals surface area contributed by atoms with Crippen molar-refractivity contribution in [2.45, 2.75) is 44.6 Å². The molecular weight excluding hydrogens is 530 g/mol. The Hall–Kier alpha value is -2.75. The van der Waals surface area contributed by atoms with Crippen molar-refractivity contribution in [3.63, 3.8) is 0 Å². The maximum Gasteiger partial charge on any atom is 0.228 e. The minimum atomic E-state index is 0.119. The van der Waals surface area contributed by atoms with Gasteiger partial charge in [-0.25, -0.2) is 4.98 Å². The van der Waals surface area contributed by atoms with Crippen LogP contribution < -0.4 is 15.1 Å². The molecule has 6 rings (SSSR count). The summed E-state index contributed by atoms with van der Waals surface area (Å²) in [6, 6.07) is 11.4. The van der Waals surface area contributed by atoms with Crippen LogP contribution in [0.15, 0.2) is 35.7 Å². The van der Waals surface area contributed by atoms with Gasteiger partial charge in [-0.05, 0) is 70.1 Å². The van der Waals surface area contributed by atoms with E-state index in [2.05, 4.69) is 74.7 Å². The normalized spacial score (nSPS) is 22.6. The van der Waals surface area contributed by atoms with Crippen molar-refractivity contribution in [1.29, 1.82) is 0 Å². The number of amides is 1. The number of carbonyl (C=O) groups excluding carboxylic acids is 1. The molecule has 2 aromatic heterocycles. The second-order valence-corrected chi connectivity index (χ2v) is 13.3. The molecule has 1 aromatic carbocycles. The average molecular weight is 576 g/mol. The van der Waals surface area contributed by atoms with Crippen molar-refractivity contribution >= 4 is 39.2 Å². The maximum absolute atomic E-state index is 12.1. The van der Waals surface area contributed by atoms with E-state index in [4.69, 9.17) is 9.97 Å². The van der Waals surface area contributed by atoms with Crippen LogP contribution in [0.5, 0.6) is 0 Å². The molecule has 1 amide bonds. The highest BCUT2D eigenvalue weighted by Gasteiger charge is 2.30. The first-order chi connectivity index (χ1) is 20.0. The largest absolute Gasteiger partial charge is 0.359 e. The van der Waals surface area contributed by atoms with Gasteiger partial charge in [-0.1, -0.05) is 30.3 Å². The van der Waals surface area contributed by atoms with Gasteiger partial charge in [0.1, 0.15) is 10.6 Å². The van der Waals surface area contributed by atoms with E-state index < -0.39 is 0 Å². The Morgan fingerprint density at radius 1 is 1.00 bits per heavy atom. The Labute approximate surface area is 248 Å².